The fourth-order valence-corrected chi connectivity index (χ4v) is 5.35. The maximum atomic E-state index is 13.1. The second-order valence-electron chi connectivity index (χ2n) is 9.08. The number of nitrogen functional groups attached to an aromatic ring is 1. The van der Waals surface area contributed by atoms with Crippen molar-refractivity contribution < 1.29 is 9.90 Å². The van der Waals surface area contributed by atoms with Gasteiger partial charge in [-0.1, -0.05) is 22.4 Å². The SMILES string of the molecule is Cc1cc(C(=O)N2CCC[C@@H](Nc3c(N)cc(Br)cc3C(O)N3CCCCC3)C2)cc(=O)[nH]1. The van der Waals surface area contributed by atoms with Crippen LogP contribution in [0.4, 0.5) is 11.4 Å². The molecule has 178 valence electrons. The molecule has 4 rings (SSSR count). The summed E-state index contributed by atoms with van der Waals surface area (Å²) in [5, 5.41) is 14.7. The van der Waals surface area contributed by atoms with Crippen LogP contribution in [0.5, 0.6) is 0 Å². The molecule has 0 aliphatic carbocycles. The normalized spacial score (nSPS) is 20.5. The molecule has 1 amide bonds. The van der Waals surface area contributed by atoms with Gasteiger partial charge in [0.25, 0.3) is 5.91 Å². The molecular formula is C24H32BrN5O3. The van der Waals surface area contributed by atoms with Gasteiger partial charge in [0.2, 0.25) is 5.56 Å². The number of aromatic nitrogens is 1. The Kier molecular flexibility index (Phi) is 7.41. The number of hydrogen-bond donors (Lipinski definition) is 4. The van der Waals surface area contributed by atoms with Crippen LogP contribution in [0.1, 0.15) is 59.9 Å². The number of carbonyl (C=O) groups is 1. The number of amides is 1. The molecule has 1 aromatic heterocycles. The summed E-state index contributed by atoms with van der Waals surface area (Å²) < 4.78 is 0.821. The van der Waals surface area contributed by atoms with Crippen molar-refractivity contribution in [3.63, 3.8) is 0 Å². The number of anilines is 2. The Hall–Kier alpha value is -2.36. The maximum absolute atomic E-state index is 13.1. The highest BCUT2D eigenvalue weighted by atomic mass is 79.9. The number of piperidine rings is 2. The number of hydrogen-bond acceptors (Lipinski definition) is 6. The zero-order valence-corrected chi connectivity index (χ0v) is 20.5. The van der Waals surface area contributed by atoms with Crippen molar-refractivity contribution in [1.82, 2.24) is 14.8 Å². The van der Waals surface area contributed by atoms with Crippen molar-refractivity contribution in [3.8, 4) is 0 Å². The minimum atomic E-state index is -0.743. The Morgan fingerprint density at radius 2 is 1.94 bits per heavy atom. The first-order chi connectivity index (χ1) is 15.8. The number of nitrogens with zero attached hydrogens (tertiary/aromatic N) is 2. The van der Waals surface area contributed by atoms with E-state index in [2.05, 4.69) is 31.1 Å². The fourth-order valence-electron chi connectivity index (χ4n) is 4.85. The monoisotopic (exact) mass is 517 g/mol. The van der Waals surface area contributed by atoms with Crippen molar-refractivity contribution in [1.29, 1.82) is 0 Å². The summed E-state index contributed by atoms with van der Waals surface area (Å²) in [6, 6.07) is 6.80. The van der Waals surface area contributed by atoms with E-state index >= 15 is 0 Å². The number of halogens is 1. The number of carbonyl (C=O) groups excluding carboxylic acids is 1. The zero-order chi connectivity index (χ0) is 23.5. The summed E-state index contributed by atoms with van der Waals surface area (Å²) >= 11 is 3.51. The summed E-state index contributed by atoms with van der Waals surface area (Å²) in [6.07, 6.45) is 4.32. The Labute approximate surface area is 202 Å². The van der Waals surface area contributed by atoms with E-state index in [1.807, 2.05) is 12.1 Å². The number of H-pyrrole nitrogens is 1. The standard InChI is InChI=1S/C24H32BrN5O3/c1-15-10-16(11-21(31)27-15)23(32)30-9-5-6-18(14-30)28-22-19(12-17(25)13-20(22)26)24(33)29-7-3-2-4-8-29/h10-13,18,24,28,33H,2-9,14,26H2,1H3,(H,27,31)/t18-,24?/m1/s1. The highest BCUT2D eigenvalue weighted by Crippen LogP contribution is 2.36. The largest absolute Gasteiger partial charge is 0.397 e. The van der Waals surface area contributed by atoms with Crippen LogP contribution in [0.2, 0.25) is 0 Å². The third-order valence-corrected chi connectivity index (χ3v) is 6.92. The molecule has 2 aliphatic heterocycles. The molecule has 5 N–H and O–H groups in total. The number of aromatic amines is 1. The first-order valence-electron chi connectivity index (χ1n) is 11.6. The van der Waals surface area contributed by atoms with Crippen LogP contribution in [0.3, 0.4) is 0 Å². The van der Waals surface area contributed by atoms with Crippen molar-refractivity contribution in [2.45, 2.75) is 51.3 Å². The van der Waals surface area contributed by atoms with E-state index in [1.165, 1.54) is 12.5 Å². The fraction of sp³-hybridized carbons (Fsp3) is 0.500. The predicted molar refractivity (Wildman–Crippen MR) is 133 cm³/mol. The molecule has 2 aromatic rings. The number of aliphatic hydroxyl groups excluding tert-OH is 1. The van der Waals surface area contributed by atoms with Crippen LogP contribution in [-0.4, -0.2) is 58.0 Å². The summed E-state index contributed by atoms with van der Waals surface area (Å²) in [6.45, 7) is 4.62. The highest BCUT2D eigenvalue weighted by molar-refractivity contribution is 9.10. The van der Waals surface area contributed by atoms with Crippen LogP contribution < -0.4 is 16.6 Å². The topological polar surface area (TPSA) is 115 Å². The summed E-state index contributed by atoms with van der Waals surface area (Å²) in [5.41, 5.74) is 9.21. The third kappa shape index (κ3) is 5.59. The van der Waals surface area contributed by atoms with E-state index < -0.39 is 6.23 Å². The molecule has 33 heavy (non-hydrogen) atoms. The molecule has 0 saturated carbocycles. The predicted octanol–water partition coefficient (Wildman–Crippen LogP) is 3.22. The first kappa shape index (κ1) is 23.8. The average molecular weight is 518 g/mol. The first-order valence-corrected chi connectivity index (χ1v) is 12.4. The van der Waals surface area contributed by atoms with Gasteiger partial charge in [0.05, 0.1) is 11.4 Å². The molecule has 3 heterocycles. The number of pyridine rings is 1. The number of benzene rings is 1. The minimum Gasteiger partial charge on any atom is -0.397 e. The summed E-state index contributed by atoms with van der Waals surface area (Å²) in [4.78, 5) is 31.4. The van der Waals surface area contributed by atoms with Crippen LogP contribution in [0.15, 0.2) is 33.5 Å². The smallest absolute Gasteiger partial charge is 0.254 e. The van der Waals surface area contributed by atoms with E-state index in [4.69, 9.17) is 5.73 Å². The van der Waals surface area contributed by atoms with Gasteiger partial charge in [-0.25, -0.2) is 0 Å². The zero-order valence-electron chi connectivity index (χ0n) is 18.9. The molecule has 2 atom stereocenters. The Bertz CT molecular complexity index is 1070. The van der Waals surface area contributed by atoms with E-state index in [0.29, 0.717) is 30.0 Å². The number of nitrogens with one attached hydrogen (secondary N) is 2. The maximum Gasteiger partial charge on any atom is 0.254 e. The highest BCUT2D eigenvalue weighted by Gasteiger charge is 2.28. The van der Waals surface area contributed by atoms with Gasteiger partial charge in [-0.05, 0) is 50.8 Å². The van der Waals surface area contributed by atoms with E-state index in [0.717, 1.165) is 54.5 Å². The number of rotatable bonds is 5. The van der Waals surface area contributed by atoms with Gasteiger partial charge in [0.1, 0.15) is 6.23 Å². The Morgan fingerprint density at radius 1 is 1.18 bits per heavy atom. The van der Waals surface area contributed by atoms with Crippen LogP contribution in [0.25, 0.3) is 0 Å². The van der Waals surface area contributed by atoms with Gasteiger partial charge in [-0.15, -0.1) is 0 Å². The number of likely N-dealkylation sites (tertiary alicyclic amines) is 2. The van der Waals surface area contributed by atoms with Gasteiger partial charge in [-0.3, -0.25) is 14.5 Å². The van der Waals surface area contributed by atoms with E-state index in [1.54, 1.807) is 17.9 Å². The average Bonchev–Trinajstić information content (AvgIpc) is 2.80. The molecule has 8 nitrogen and oxygen atoms in total. The third-order valence-electron chi connectivity index (χ3n) is 6.46. The van der Waals surface area contributed by atoms with Gasteiger partial charge in [0.15, 0.2) is 0 Å². The van der Waals surface area contributed by atoms with Crippen LogP contribution in [-0.2, 0) is 0 Å². The molecule has 2 saturated heterocycles. The van der Waals surface area contributed by atoms with Crippen LogP contribution >= 0.6 is 15.9 Å². The molecule has 0 radical (unpaired) electrons. The Balaban J connectivity index is 1.53. The van der Waals surface area contributed by atoms with Crippen molar-refractivity contribution in [2.75, 3.05) is 37.2 Å². The molecule has 0 spiro atoms. The van der Waals surface area contributed by atoms with Gasteiger partial charge in [0, 0.05) is 59.6 Å². The number of nitrogens with two attached hydrogens (primary N) is 1. The van der Waals surface area contributed by atoms with Gasteiger partial charge in [-0.2, -0.15) is 0 Å². The second-order valence-corrected chi connectivity index (χ2v) is 10.00. The van der Waals surface area contributed by atoms with Crippen molar-refractivity contribution in [3.05, 3.63) is 55.9 Å². The summed E-state index contributed by atoms with van der Waals surface area (Å²) in [7, 11) is 0. The number of aryl methyl sites for hydroxylation is 1. The van der Waals surface area contributed by atoms with Gasteiger partial charge >= 0.3 is 0 Å². The van der Waals surface area contributed by atoms with Crippen molar-refractivity contribution in [2.24, 2.45) is 0 Å². The Morgan fingerprint density at radius 3 is 2.67 bits per heavy atom. The van der Waals surface area contributed by atoms with E-state index in [9.17, 15) is 14.7 Å². The van der Waals surface area contributed by atoms with Crippen molar-refractivity contribution >= 4 is 33.2 Å². The molecule has 2 aliphatic rings. The quantitative estimate of drug-likeness (QED) is 0.452. The lowest BCUT2D eigenvalue weighted by atomic mass is 10.0. The van der Waals surface area contributed by atoms with Crippen LogP contribution in [0, 0.1) is 6.92 Å². The number of aliphatic hydroxyl groups is 1. The minimum absolute atomic E-state index is 0.0124. The lowest BCUT2D eigenvalue weighted by Gasteiger charge is -2.36. The van der Waals surface area contributed by atoms with Gasteiger partial charge < -0.3 is 26.0 Å². The molecule has 1 unspecified atom stereocenters. The second kappa shape index (κ2) is 10.3. The van der Waals surface area contributed by atoms with E-state index in [-0.39, 0.29) is 17.5 Å². The summed E-state index contributed by atoms with van der Waals surface area (Å²) in [5.74, 6) is -0.145. The molecular weight excluding hydrogens is 486 g/mol. The molecule has 1 aromatic carbocycles. The molecule has 9 heteroatoms. The molecule has 0 bridgehead atoms. The lowest BCUT2D eigenvalue weighted by Crippen LogP contribution is -2.45. The molecule has 2 fully saturated rings. The lowest BCUT2D eigenvalue weighted by molar-refractivity contribution is -0.00939.